The second-order valence-electron chi connectivity index (χ2n) is 4.56. The number of aliphatic hydroxyl groups is 1. The van der Waals surface area contributed by atoms with Crippen molar-refractivity contribution in [3.05, 3.63) is 70.4 Å². The molecule has 0 bridgehead atoms. The van der Waals surface area contributed by atoms with Crippen LogP contribution in [0, 0.1) is 5.21 Å². The summed E-state index contributed by atoms with van der Waals surface area (Å²) in [7, 11) is 0. The van der Waals surface area contributed by atoms with Crippen LogP contribution in [0.4, 0.5) is 0 Å². The van der Waals surface area contributed by atoms with Gasteiger partial charge in [0, 0.05) is 10.6 Å². The van der Waals surface area contributed by atoms with E-state index >= 15 is 0 Å². The molecule has 21 heavy (non-hydrogen) atoms. The molecule has 4 nitrogen and oxygen atoms in total. The van der Waals surface area contributed by atoms with Gasteiger partial charge in [0.05, 0.1) is 0 Å². The molecule has 0 fully saturated rings. The van der Waals surface area contributed by atoms with Gasteiger partial charge in [-0.15, -0.1) is 0 Å². The Morgan fingerprint density at radius 2 is 1.81 bits per heavy atom. The Bertz CT molecular complexity index is 584. The predicted octanol–water partition coefficient (Wildman–Crippen LogP) is 2.71. The van der Waals surface area contributed by atoms with Crippen LogP contribution in [0.2, 0.25) is 5.02 Å². The first kappa shape index (κ1) is 15.4. The maximum Gasteiger partial charge on any atom is 0.182 e. The highest BCUT2D eigenvalue weighted by molar-refractivity contribution is 6.30. The number of nitrogens with zero attached hydrogens (tertiary/aromatic N) is 1. The molecule has 0 heterocycles. The summed E-state index contributed by atoms with van der Waals surface area (Å²) in [6.45, 7) is 0.00662. The number of halogens is 1. The van der Waals surface area contributed by atoms with E-state index in [1.54, 1.807) is 36.4 Å². The Balaban J connectivity index is 1.84. The summed E-state index contributed by atoms with van der Waals surface area (Å²) >= 11 is 5.77. The van der Waals surface area contributed by atoms with E-state index in [0.29, 0.717) is 15.5 Å². The van der Waals surface area contributed by atoms with Crippen molar-refractivity contribution in [2.75, 3.05) is 13.2 Å². The molecule has 1 unspecified atom stereocenters. The summed E-state index contributed by atoms with van der Waals surface area (Å²) in [5.74, 6) is 0.663. The summed E-state index contributed by atoms with van der Waals surface area (Å²) < 4.78 is 6.07. The summed E-state index contributed by atoms with van der Waals surface area (Å²) in [5, 5.41) is 22.1. The Labute approximate surface area is 128 Å². The van der Waals surface area contributed by atoms with Gasteiger partial charge < -0.3 is 15.1 Å². The first-order chi connectivity index (χ1) is 10.1. The van der Waals surface area contributed by atoms with Crippen LogP contribution in [0.25, 0.3) is 0 Å². The van der Waals surface area contributed by atoms with Gasteiger partial charge in [0.1, 0.15) is 18.5 Å². The van der Waals surface area contributed by atoms with Gasteiger partial charge in [-0.25, -0.2) is 4.74 Å². The van der Waals surface area contributed by atoms with Gasteiger partial charge >= 0.3 is 0 Å². The Morgan fingerprint density at radius 1 is 1.14 bits per heavy atom. The minimum atomic E-state index is -0.869. The van der Waals surface area contributed by atoms with Gasteiger partial charge in [-0.05, 0) is 36.4 Å². The van der Waals surface area contributed by atoms with Gasteiger partial charge in [-0.2, -0.15) is 0 Å². The molecule has 2 aromatic rings. The standard InChI is InChI=1S/C16H16ClNO3/c17-14-8-6-13(7-9-14)10-18(20)11-15(19)12-21-16-4-2-1-3-5-16/h1-10,15,19H,11-12H2/b18-10-. The highest BCUT2D eigenvalue weighted by Gasteiger charge is 2.10. The van der Waals surface area contributed by atoms with Crippen LogP contribution in [0.5, 0.6) is 5.75 Å². The molecule has 0 saturated carbocycles. The van der Waals surface area contributed by atoms with E-state index in [-0.39, 0.29) is 13.2 Å². The molecule has 0 aliphatic heterocycles. The van der Waals surface area contributed by atoms with Crippen LogP contribution < -0.4 is 4.74 Å². The molecule has 2 rings (SSSR count). The summed E-state index contributed by atoms with van der Waals surface area (Å²) in [5.41, 5.74) is 0.727. The second kappa shape index (κ2) is 7.67. The fraction of sp³-hybridized carbons (Fsp3) is 0.188. The SMILES string of the molecule is [O-]/[N+](=C\c1ccc(Cl)cc1)CC(O)COc1ccccc1. The van der Waals surface area contributed by atoms with E-state index in [0.717, 1.165) is 5.56 Å². The van der Waals surface area contributed by atoms with Gasteiger partial charge in [-0.3, -0.25) is 0 Å². The van der Waals surface area contributed by atoms with Gasteiger partial charge in [0.15, 0.2) is 12.8 Å². The molecule has 1 N–H and O–H groups in total. The van der Waals surface area contributed by atoms with Crippen molar-refractivity contribution >= 4 is 17.8 Å². The van der Waals surface area contributed by atoms with Crippen molar-refractivity contribution in [2.24, 2.45) is 0 Å². The monoisotopic (exact) mass is 305 g/mol. The third kappa shape index (κ3) is 5.45. The molecule has 0 spiro atoms. The number of para-hydroxylation sites is 1. The zero-order valence-corrected chi connectivity index (χ0v) is 12.1. The smallest absolute Gasteiger partial charge is 0.182 e. The highest BCUT2D eigenvalue weighted by Crippen LogP contribution is 2.09. The number of hydroxylamine groups is 1. The van der Waals surface area contributed by atoms with Crippen LogP contribution >= 0.6 is 11.6 Å². The molecular weight excluding hydrogens is 290 g/mol. The molecule has 0 aliphatic rings. The maximum atomic E-state index is 11.7. The minimum absolute atomic E-state index is 0.0601. The van der Waals surface area contributed by atoms with Crippen LogP contribution in [0.15, 0.2) is 54.6 Å². The molecule has 1 atom stereocenters. The lowest BCUT2D eigenvalue weighted by Gasteiger charge is -2.12. The highest BCUT2D eigenvalue weighted by atomic mass is 35.5. The number of hydrogen-bond donors (Lipinski definition) is 1. The maximum absolute atomic E-state index is 11.7. The molecule has 0 radical (unpaired) electrons. The lowest BCUT2D eigenvalue weighted by atomic mass is 10.2. The fourth-order valence-electron chi connectivity index (χ4n) is 1.74. The third-order valence-corrected chi connectivity index (χ3v) is 2.99. The molecule has 0 saturated heterocycles. The molecular formula is C16H16ClNO3. The number of aliphatic hydroxyl groups excluding tert-OH is 1. The number of hydrogen-bond acceptors (Lipinski definition) is 3. The van der Waals surface area contributed by atoms with Crippen LogP contribution in [-0.2, 0) is 0 Å². The fourth-order valence-corrected chi connectivity index (χ4v) is 1.86. The summed E-state index contributed by atoms with van der Waals surface area (Å²) in [6.07, 6.45) is 0.536. The van der Waals surface area contributed by atoms with E-state index in [1.807, 2.05) is 18.2 Å². The number of rotatable bonds is 6. The number of benzene rings is 2. The molecule has 110 valence electrons. The zero-order valence-electron chi connectivity index (χ0n) is 11.4. The molecule has 5 heteroatoms. The largest absolute Gasteiger partial charge is 0.624 e. The van der Waals surface area contributed by atoms with E-state index in [2.05, 4.69) is 0 Å². The van der Waals surface area contributed by atoms with Crippen molar-refractivity contribution in [1.29, 1.82) is 0 Å². The Morgan fingerprint density at radius 3 is 2.48 bits per heavy atom. The van der Waals surface area contributed by atoms with Gasteiger partial charge in [-0.1, -0.05) is 29.8 Å². The van der Waals surface area contributed by atoms with Crippen molar-refractivity contribution < 1.29 is 14.6 Å². The normalized spacial score (nSPS) is 13.0. The second-order valence-corrected chi connectivity index (χ2v) is 4.99. The molecule has 0 amide bonds. The lowest BCUT2D eigenvalue weighted by Crippen LogP contribution is -2.27. The van der Waals surface area contributed by atoms with E-state index < -0.39 is 6.10 Å². The average Bonchev–Trinajstić information content (AvgIpc) is 2.48. The Kier molecular flexibility index (Phi) is 5.60. The van der Waals surface area contributed by atoms with Crippen LogP contribution in [-0.4, -0.2) is 35.3 Å². The molecule has 0 aromatic heterocycles. The molecule has 2 aromatic carbocycles. The third-order valence-electron chi connectivity index (χ3n) is 2.74. The Hall–Kier alpha value is -2.04. The van der Waals surface area contributed by atoms with Crippen molar-refractivity contribution in [3.8, 4) is 5.75 Å². The van der Waals surface area contributed by atoms with Crippen LogP contribution in [0.1, 0.15) is 5.56 Å². The quantitative estimate of drug-likeness (QED) is 0.386. The van der Waals surface area contributed by atoms with Crippen molar-refractivity contribution in [3.63, 3.8) is 0 Å². The van der Waals surface area contributed by atoms with E-state index in [4.69, 9.17) is 16.3 Å². The summed E-state index contributed by atoms with van der Waals surface area (Å²) in [4.78, 5) is 0. The van der Waals surface area contributed by atoms with Crippen LogP contribution in [0.3, 0.4) is 0 Å². The topological polar surface area (TPSA) is 55.5 Å². The predicted molar refractivity (Wildman–Crippen MR) is 83.1 cm³/mol. The van der Waals surface area contributed by atoms with Crippen molar-refractivity contribution in [2.45, 2.75) is 6.10 Å². The minimum Gasteiger partial charge on any atom is -0.624 e. The van der Waals surface area contributed by atoms with E-state index in [1.165, 1.54) is 6.21 Å². The summed E-state index contributed by atoms with van der Waals surface area (Å²) in [6, 6.07) is 16.0. The zero-order chi connectivity index (χ0) is 15.1. The first-order valence-electron chi connectivity index (χ1n) is 6.53. The number of ether oxygens (including phenoxy) is 1. The first-order valence-corrected chi connectivity index (χ1v) is 6.91. The van der Waals surface area contributed by atoms with E-state index in [9.17, 15) is 10.3 Å². The van der Waals surface area contributed by atoms with Gasteiger partial charge in [0.25, 0.3) is 0 Å². The van der Waals surface area contributed by atoms with Crippen molar-refractivity contribution in [1.82, 2.24) is 0 Å². The molecule has 0 aliphatic carbocycles. The van der Waals surface area contributed by atoms with Gasteiger partial charge in [0.2, 0.25) is 0 Å². The lowest BCUT2D eigenvalue weighted by molar-refractivity contribution is -0.464. The average molecular weight is 306 g/mol.